The van der Waals surface area contributed by atoms with Crippen molar-refractivity contribution in [2.75, 3.05) is 18.5 Å². The van der Waals surface area contributed by atoms with E-state index >= 15 is 0 Å². The summed E-state index contributed by atoms with van der Waals surface area (Å²) in [4.78, 5) is 25.2. The maximum atomic E-state index is 12.8. The van der Waals surface area contributed by atoms with Crippen LogP contribution in [-0.2, 0) is 0 Å². The Morgan fingerprint density at radius 3 is 2.69 bits per heavy atom. The predicted molar refractivity (Wildman–Crippen MR) is 116 cm³/mol. The first-order valence-electron chi connectivity index (χ1n) is 9.82. The lowest BCUT2D eigenvalue weighted by molar-refractivity contribution is 0.0952. The van der Waals surface area contributed by atoms with Crippen LogP contribution in [0.3, 0.4) is 0 Å². The Bertz CT molecular complexity index is 880. The van der Waals surface area contributed by atoms with Crippen LogP contribution in [0.15, 0.2) is 23.6 Å². The molecule has 1 aliphatic rings. The van der Waals surface area contributed by atoms with Crippen molar-refractivity contribution < 1.29 is 19.1 Å². The molecule has 3 rings (SSSR count). The molecular formula is C21H25ClN2O4S. The monoisotopic (exact) mass is 436 g/mol. The highest BCUT2D eigenvalue weighted by atomic mass is 35.5. The summed E-state index contributed by atoms with van der Waals surface area (Å²) in [5, 5.41) is 8.35. The average molecular weight is 437 g/mol. The minimum atomic E-state index is -0.365. The quantitative estimate of drug-likeness (QED) is 0.506. The Hall–Kier alpha value is -2.25. The summed E-state index contributed by atoms with van der Waals surface area (Å²) in [6, 6.07) is 5.13. The molecule has 6 nitrogen and oxygen atoms in total. The van der Waals surface area contributed by atoms with Crippen molar-refractivity contribution in [1.29, 1.82) is 0 Å². The Kier molecular flexibility index (Phi) is 7.39. The van der Waals surface area contributed by atoms with Crippen molar-refractivity contribution in [3.05, 3.63) is 39.7 Å². The third kappa shape index (κ3) is 5.64. The number of rotatable bonds is 10. The van der Waals surface area contributed by atoms with Crippen molar-refractivity contribution >= 4 is 39.8 Å². The van der Waals surface area contributed by atoms with Gasteiger partial charge < -0.3 is 20.1 Å². The summed E-state index contributed by atoms with van der Waals surface area (Å²) >= 11 is 7.68. The van der Waals surface area contributed by atoms with E-state index < -0.39 is 0 Å². The number of thiophene rings is 1. The number of carbonyl (C=O) groups is 2. The van der Waals surface area contributed by atoms with Gasteiger partial charge in [-0.1, -0.05) is 24.9 Å². The highest BCUT2D eigenvalue weighted by Crippen LogP contribution is 2.37. The molecule has 2 aromatic rings. The Labute approximate surface area is 179 Å². The van der Waals surface area contributed by atoms with E-state index in [-0.39, 0.29) is 17.9 Å². The summed E-state index contributed by atoms with van der Waals surface area (Å²) in [6.07, 6.45) is 3.90. The number of hydrogen-bond donors (Lipinski definition) is 2. The van der Waals surface area contributed by atoms with Gasteiger partial charge in [0.2, 0.25) is 0 Å². The van der Waals surface area contributed by atoms with Gasteiger partial charge in [0.05, 0.1) is 23.8 Å². The second kappa shape index (κ2) is 9.98. The predicted octanol–water partition coefficient (Wildman–Crippen LogP) is 5.12. The number of nitrogens with one attached hydrogen (secondary N) is 2. The van der Waals surface area contributed by atoms with Gasteiger partial charge >= 0.3 is 0 Å². The van der Waals surface area contributed by atoms with Crippen LogP contribution in [0.2, 0.25) is 5.02 Å². The maximum Gasteiger partial charge on any atom is 0.256 e. The summed E-state index contributed by atoms with van der Waals surface area (Å²) in [7, 11) is 0. The number of benzene rings is 1. The van der Waals surface area contributed by atoms with Crippen molar-refractivity contribution in [2.24, 2.45) is 0 Å². The zero-order valence-electron chi connectivity index (χ0n) is 16.5. The van der Waals surface area contributed by atoms with Gasteiger partial charge in [0, 0.05) is 11.6 Å². The lowest BCUT2D eigenvalue weighted by Gasteiger charge is -2.15. The normalized spacial score (nSPS) is 13.1. The Morgan fingerprint density at radius 2 is 2.00 bits per heavy atom. The van der Waals surface area contributed by atoms with Crippen molar-refractivity contribution in [3.63, 3.8) is 0 Å². The van der Waals surface area contributed by atoms with E-state index in [1.54, 1.807) is 23.6 Å². The van der Waals surface area contributed by atoms with Gasteiger partial charge in [-0.25, -0.2) is 0 Å². The second-order valence-electron chi connectivity index (χ2n) is 6.79. The van der Waals surface area contributed by atoms with Gasteiger partial charge in [0.1, 0.15) is 5.00 Å². The average Bonchev–Trinajstić information content (AvgIpc) is 3.38. The van der Waals surface area contributed by atoms with Gasteiger partial charge in [-0.2, -0.15) is 0 Å². The number of unbranched alkanes of at least 4 members (excludes halogenated alkanes) is 1. The molecule has 0 radical (unpaired) electrons. The van der Waals surface area contributed by atoms with E-state index in [9.17, 15) is 9.59 Å². The molecular weight excluding hydrogens is 412 g/mol. The van der Waals surface area contributed by atoms with Crippen LogP contribution in [0.4, 0.5) is 5.00 Å². The molecule has 2 amide bonds. The molecule has 0 bridgehead atoms. The fourth-order valence-electron chi connectivity index (χ4n) is 2.67. The summed E-state index contributed by atoms with van der Waals surface area (Å²) in [6.45, 7) is 4.87. The van der Waals surface area contributed by atoms with Gasteiger partial charge in [-0.05, 0) is 49.8 Å². The smallest absolute Gasteiger partial charge is 0.256 e. The van der Waals surface area contributed by atoms with Crippen LogP contribution >= 0.6 is 22.9 Å². The van der Waals surface area contributed by atoms with E-state index in [0.717, 1.165) is 25.7 Å². The van der Waals surface area contributed by atoms with Crippen LogP contribution in [0.1, 0.15) is 60.2 Å². The molecule has 1 aliphatic carbocycles. The molecule has 156 valence electrons. The highest BCUT2D eigenvalue weighted by Gasteiger charge is 2.26. The molecule has 29 heavy (non-hydrogen) atoms. The molecule has 0 saturated heterocycles. The van der Waals surface area contributed by atoms with Crippen molar-refractivity contribution in [2.45, 2.75) is 45.6 Å². The standard InChI is InChI=1S/C21H25ClN2O4S/c1-3-5-9-28-18-16(22)11-13(12-17(18)27-4-2)19(25)24-21-15(8-10-29-21)20(26)23-14-6-7-14/h8,10-12,14H,3-7,9H2,1-2H3,(H,23,26)(H,24,25). The first kappa shape index (κ1) is 21.5. The number of carbonyl (C=O) groups excluding carboxylic acids is 2. The fraction of sp³-hybridized carbons (Fsp3) is 0.429. The molecule has 0 unspecified atom stereocenters. The third-order valence-corrected chi connectivity index (χ3v) is 5.48. The molecule has 0 atom stereocenters. The van der Waals surface area contributed by atoms with E-state index in [4.69, 9.17) is 21.1 Å². The third-order valence-electron chi connectivity index (χ3n) is 4.37. The number of amides is 2. The van der Waals surface area contributed by atoms with Gasteiger partial charge in [0.15, 0.2) is 11.5 Å². The van der Waals surface area contributed by atoms with Crippen molar-refractivity contribution in [3.8, 4) is 11.5 Å². The molecule has 0 aliphatic heterocycles. The SMILES string of the molecule is CCCCOc1c(Cl)cc(C(=O)Nc2sccc2C(=O)NC2CC2)cc1OCC. The van der Waals surface area contributed by atoms with Gasteiger partial charge in [-0.3, -0.25) is 9.59 Å². The van der Waals surface area contributed by atoms with E-state index in [2.05, 4.69) is 17.6 Å². The first-order chi connectivity index (χ1) is 14.0. The van der Waals surface area contributed by atoms with Crippen LogP contribution in [-0.4, -0.2) is 31.1 Å². The largest absolute Gasteiger partial charge is 0.490 e. The van der Waals surface area contributed by atoms with E-state index in [0.29, 0.717) is 45.9 Å². The second-order valence-corrected chi connectivity index (χ2v) is 8.11. The van der Waals surface area contributed by atoms with Crippen LogP contribution in [0, 0.1) is 0 Å². The van der Waals surface area contributed by atoms with Gasteiger partial charge in [-0.15, -0.1) is 11.3 Å². The van der Waals surface area contributed by atoms with E-state index in [1.165, 1.54) is 11.3 Å². The molecule has 1 saturated carbocycles. The number of ether oxygens (including phenoxy) is 2. The Balaban J connectivity index is 1.77. The molecule has 1 aromatic carbocycles. The zero-order valence-corrected chi connectivity index (χ0v) is 18.1. The minimum Gasteiger partial charge on any atom is -0.490 e. The highest BCUT2D eigenvalue weighted by molar-refractivity contribution is 7.14. The number of hydrogen-bond acceptors (Lipinski definition) is 5. The zero-order chi connectivity index (χ0) is 20.8. The minimum absolute atomic E-state index is 0.170. The van der Waals surface area contributed by atoms with E-state index in [1.807, 2.05) is 6.92 Å². The molecule has 8 heteroatoms. The van der Waals surface area contributed by atoms with Crippen LogP contribution in [0.25, 0.3) is 0 Å². The summed E-state index contributed by atoms with van der Waals surface area (Å²) in [5.41, 5.74) is 0.800. The number of halogens is 1. The molecule has 1 heterocycles. The van der Waals surface area contributed by atoms with Crippen LogP contribution < -0.4 is 20.1 Å². The number of anilines is 1. The molecule has 0 spiro atoms. The molecule has 1 fully saturated rings. The van der Waals surface area contributed by atoms with Gasteiger partial charge in [0.25, 0.3) is 11.8 Å². The lowest BCUT2D eigenvalue weighted by Crippen LogP contribution is -2.26. The maximum absolute atomic E-state index is 12.8. The molecule has 1 aromatic heterocycles. The first-order valence-corrected chi connectivity index (χ1v) is 11.1. The summed E-state index contributed by atoms with van der Waals surface area (Å²) in [5.74, 6) is 0.339. The topological polar surface area (TPSA) is 76.7 Å². The van der Waals surface area contributed by atoms with Crippen LogP contribution in [0.5, 0.6) is 11.5 Å². The lowest BCUT2D eigenvalue weighted by atomic mass is 10.1. The summed E-state index contributed by atoms with van der Waals surface area (Å²) < 4.78 is 11.4. The van der Waals surface area contributed by atoms with Crippen molar-refractivity contribution in [1.82, 2.24) is 5.32 Å². The Morgan fingerprint density at radius 1 is 1.21 bits per heavy atom. The molecule has 2 N–H and O–H groups in total. The fourth-order valence-corrected chi connectivity index (χ4v) is 3.72.